The summed E-state index contributed by atoms with van der Waals surface area (Å²) in [6.07, 6.45) is 0.664. The second-order valence-corrected chi connectivity index (χ2v) is 4.72. The van der Waals surface area contributed by atoms with Crippen molar-refractivity contribution in [1.82, 2.24) is 0 Å². The SMILES string of the molecule is [CH2]C[C@@H]1OC(C)(C)O[C@H]1c1ccccc1NC. The lowest BCUT2D eigenvalue weighted by Gasteiger charge is -2.19. The van der Waals surface area contributed by atoms with E-state index in [1.165, 1.54) is 0 Å². The molecule has 0 aliphatic carbocycles. The normalized spacial score (nSPS) is 27.1. The zero-order valence-corrected chi connectivity index (χ0v) is 10.7. The molecule has 1 fully saturated rings. The van der Waals surface area contributed by atoms with E-state index in [2.05, 4.69) is 18.3 Å². The van der Waals surface area contributed by atoms with Crippen LogP contribution in [0.5, 0.6) is 0 Å². The first-order chi connectivity index (χ1) is 8.07. The number of ether oxygens (including phenoxy) is 2. The van der Waals surface area contributed by atoms with Crippen LogP contribution in [0.2, 0.25) is 0 Å². The Morgan fingerprint density at radius 2 is 2.00 bits per heavy atom. The van der Waals surface area contributed by atoms with Gasteiger partial charge in [0.2, 0.25) is 0 Å². The number of hydrogen-bond donors (Lipinski definition) is 1. The van der Waals surface area contributed by atoms with Crippen molar-refractivity contribution >= 4 is 5.69 Å². The second-order valence-electron chi connectivity index (χ2n) is 4.72. The van der Waals surface area contributed by atoms with E-state index in [9.17, 15) is 0 Å². The summed E-state index contributed by atoms with van der Waals surface area (Å²) in [4.78, 5) is 0. The Hall–Kier alpha value is -1.06. The highest BCUT2D eigenvalue weighted by atomic mass is 16.7. The molecule has 1 aliphatic heterocycles. The lowest BCUT2D eigenvalue weighted by atomic mass is 10.0. The topological polar surface area (TPSA) is 30.5 Å². The van der Waals surface area contributed by atoms with Crippen molar-refractivity contribution in [3.8, 4) is 0 Å². The maximum Gasteiger partial charge on any atom is 0.164 e. The third-order valence-electron chi connectivity index (χ3n) is 3.00. The van der Waals surface area contributed by atoms with E-state index >= 15 is 0 Å². The molecule has 1 heterocycles. The Labute approximate surface area is 103 Å². The number of rotatable bonds is 3. The number of hydrogen-bond acceptors (Lipinski definition) is 3. The lowest BCUT2D eigenvalue weighted by molar-refractivity contribution is -0.146. The van der Waals surface area contributed by atoms with Crippen molar-refractivity contribution in [3.05, 3.63) is 36.8 Å². The standard InChI is InChI=1S/C14H20NO2/c1-5-12-13(17-14(2,3)16-12)10-8-6-7-9-11(10)15-4/h6-9,12-13,15H,1,5H2,2-4H3/t12-,13-/m0/s1. The quantitative estimate of drug-likeness (QED) is 0.871. The summed E-state index contributed by atoms with van der Waals surface area (Å²) in [6.45, 7) is 7.82. The van der Waals surface area contributed by atoms with E-state index in [-0.39, 0.29) is 12.2 Å². The maximum absolute atomic E-state index is 5.98. The molecule has 0 aromatic heterocycles. The highest BCUT2D eigenvalue weighted by molar-refractivity contribution is 5.52. The molecule has 0 saturated carbocycles. The van der Waals surface area contributed by atoms with E-state index in [1.54, 1.807) is 0 Å². The van der Waals surface area contributed by atoms with Crippen LogP contribution < -0.4 is 5.32 Å². The van der Waals surface area contributed by atoms with Crippen LogP contribution in [0.1, 0.15) is 31.9 Å². The van der Waals surface area contributed by atoms with Crippen molar-refractivity contribution in [2.75, 3.05) is 12.4 Å². The van der Waals surface area contributed by atoms with Crippen molar-refractivity contribution in [2.45, 2.75) is 38.3 Å². The molecule has 1 aromatic rings. The van der Waals surface area contributed by atoms with Crippen LogP contribution in [0.15, 0.2) is 24.3 Å². The summed E-state index contributed by atoms with van der Waals surface area (Å²) < 4.78 is 11.8. The van der Waals surface area contributed by atoms with Gasteiger partial charge in [-0.3, -0.25) is 0 Å². The Morgan fingerprint density at radius 3 is 2.65 bits per heavy atom. The molecule has 2 rings (SSSR count). The van der Waals surface area contributed by atoms with Crippen LogP contribution in [-0.4, -0.2) is 18.9 Å². The van der Waals surface area contributed by atoms with Crippen LogP contribution in [-0.2, 0) is 9.47 Å². The first-order valence-electron chi connectivity index (χ1n) is 5.99. The summed E-state index contributed by atoms with van der Waals surface area (Å²) >= 11 is 0. The molecule has 0 bridgehead atoms. The predicted molar refractivity (Wildman–Crippen MR) is 68.7 cm³/mol. The molecular weight excluding hydrogens is 214 g/mol. The first kappa shape index (κ1) is 12.4. The van der Waals surface area contributed by atoms with Crippen LogP contribution in [0.3, 0.4) is 0 Å². The molecule has 1 radical (unpaired) electrons. The largest absolute Gasteiger partial charge is 0.388 e. The zero-order valence-electron chi connectivity index (χ0n) is 10.7. The molecule has 2 atom stereocenters. The van der Waals surface area contributed by atoms with Gasteiger partial charge in [-0.15, -0.1) is 0 Å². The van der Waals surface area contributed by atoms with E-state index in [1.807, 2.05) is 39.1 Å². The number of benzene rings is 1. The maximum atomic E-state index is 5.98. The van der Waals surface area contributed by atoms with Crippen LogP contribution in [0.25, 0.3) is 0 Å². The highest BCUT2D eigenvalue weighted by Gasteiger charge is 2.41. The predicted octanol–water partition coefficient (Wildman–Crippen LogP) is 3.15. The average molecular weight is 234 g/mol. The Balaban J connectivity index is 2.32. The van der Waals surface area contributed by atoms with Gasteiger partial charge in [0.15, 0.2) is 5.79 Å². The molecule has 3 nitrogen and oxygen atoms in total. The van der Waals surface area contributed by atoms with E-state index in [0.717, 1.165) is 11.3 Å². The minimum Gasteiger partial charge on any atom is -0.388 e. The Bertz CT molecular complexity index is 390. The van der Waals surface area contributed by atoms with E-state index in [0.29, 0.717) is 6.42 Å². The fourth-order valence-corrected chi connectivity index (χ4v) is 2.28. The van der Waals surface area contributed by atoms with Gasteiger partial charge in [-0.05, 0) is 26.3 Å². The van der Waals surface area contributed by atoms with Crippen molar-refractivity contribution in [2.24, 2.45) is 0 Å². The van der Waals surface area contributed by atoms with Gasteiger partial charge in [-0.25, -0.2) is 0 Å². The van der Waals surface area contributed by atoms with E-state index < -0.39 is 5.79 Å². The molecule has 1 saturated heterocycles. The molecule has 0 unspecified atom stereocenters. The molecule has 3 heteroatoms. The molecule has 1 N–H and O–H groups in total. The fraction of sp³-hybridized carbons (Fsp3) is 0.500. The number of nitrogens with one attached hydrogen (secondary N) is 1. The van der Waals surface area contributed by atoms with Gasteiger partial charge in [0.05, 0.1) is 6.10 Å². The summed E-state index contributed by atoms with van der Waals surface area (Å²) in [7, 11) is 1.92. The molecule has 0 amide bonds. The molecule has 1 aromatic carbocycles. The lowest BCUT2D eigenvalue weighted by Crippen LogP contribution is -2.21. The highest BCUT2D eigenvalue weighted by Crippen LogP contribution is 2.41. The minimum atomic E-state index is -0.534. The van der Waals surface area contributed by atoms with E-state index in [4.69, 9.17) is 9.47 Å². The first-order valence-corrected chi connectivity index (χ1v) is 5.99. The van der Waals surface area contributed by atoms with Gasteiger partial charge in [0.25, 0.3) is 0 Å². The second kappa shape index (κ2) is 4.67. The van der Waals surface area contributed by atoms with Crippen molar-refractivity contribution in [1.29, 1.82) is 0 Å². The number of anilines is 1. The monoisotopic (exact) mass is 234 g/mol. The smallest absolute Gasteiger partial charge is 0.164 e. The fourth-order valence-electron chi connectivity index (χ4n) is 2.28. The summed E-state index contributed by atoms with van der Waals surface area (Å²) in [5.41, 5.74) is 2.21. The zero-order chi connectivity index (χ0) is 12.5. The average Bonchev–Trinajstić information content (AvgIpc) is 2.64. The Kier molecular flexibility index (Phi) is 3.40. The number of para-hydroxylation sites is 1. The summed E-state index contributed by atoms with van der Waals surface area (Å²) in [5.74, 6) is -0.534. The molecular formula is C14H20NO2. The van der Waals surface area contributed by atoms with Gasteiger partial charge >= 0.3 is 0 Å². The Morgan fingerprint density at radius 1 is 1.29 bits per heavy atom. The van der Waals surface area contributed by atoms with Crippen molar-refractivity contribution < 1.29 is 9.47 Å². The molecule has 1 aliphatic rings. The van der Waals surface area contributed by atoms with Crippen LogP contribution in [0, 0.1) is 6.92 Å². The summed E-state index contributed by atoms with van der Waals surface area (Å²) in [5, 5.41) is 3.19. The summed E-state index contributed by atoms with van der Waals surface area (Å²) in [6, 6.07) is 8.15. The van der Waals surface area contributed by atoms with Gasteiger partial charge < -0.3 is 14.8 Å². The van der Waals surface area contributed by atoms with Gasteiger partial charge in [0, 0.05) is 18.3 Å². The molecule has 17 heavy (non-hydrogen) atoms. The third kappa shape index (κ3) is 2.45. The van der Waals surface area contributed by atoms with Gasteiger partial charge in [-0.1, -0.05) is 25.1 Å². The minimum absolute atomic E-state index is 0.0134. The van der Waals surface area contributed by atoms with Gasteiger partial charge in [0.1, 0.15) is 6.10 Å². The van der Waals surface area contributed by atoms with Crippen molar-refractivity contribution in [3.63, 3.8) is 0 Å². The van der Waals surface area contributed by atoms with Crippen LogP contribution in [0.4, 0.5) is 5.69 Å². The molecule has 93 valence electrons. The van der Waals surface area contributed by atoms with Crippen LogP contribution >= 0.6 is 0 Å². The third-order valence-corrected chi connectivity index (χ3v) is 3.00. The molecule has 0 spiro atoms. The van der Waals surface area contributed by atoms with Gasteiger partial charge in [-0.2, -0.15) is 0 Å².